The predicted octanol–water partition coefficient (Wildman–Crippen LogP) is 3.88. The van der Waals surface area contributed by atoms with Gasteiger partial charge >= 0.3 is 6.09 Å². The Labute approximate surface area is 139 Å². The Morgan fingerprint density at radius 2 is 2.13 bits per heavy atom. The summed E-state index contributed by atoms with van der Waals surface area (Å²) in [6, 6.07) is -0.0891. The van der Waals surface area contributed by atoms with Gasteiger partial charge in [-0.1, -0.05) is 11.6 Å². The van der Waals surface area contributed by atoms with Gasteiger partial charge < -0.3 is 14.7 Å². The number of carbonyl (C=O) groups is 1. The molecule has 2 aliphatic carbocycles. The Morgan fingerprint density at radius 1 is 1.39 bits per heavy atom. The number of allylic oxidation sites excluding steroid dienone is 2. The lowest BCUT2D eigenvalue weighted by Gasteiger charge is -2.27. The van der Waals surface area contributed by atoms with Gasteiger partial charge in [-0.25, -0.2) is 4.79 Å². The van der Waals surface area contributed by atoms with Gasteiger partial charge in [0.1, 0.15) is 5.60 Å². The monoisotopic (exact) mass is 321 g/mol. The standard InChI is InChI=1S/C19H31NO3/c1-18(2,3)23-17(22)20-12-15(11-16(20)13-21)10-14-4-6-19(7-5-14)8-9-19/h4,15-16,21H,5-13H2,1-3H3/t15?,16-/m0/s1. The van der Waals surface area contributed by atoms with Gasteiger partial charge in [0, 0.05) is 6.54 Å². The van der Waals surface area contributed by atoms with Gasteiger partial charge in [-0.05, 0) is 77.0 Å². The lowest BCUT2D eigenvalue weighted by atomic mass is 9.83. The number of amides is 1. The second kappa shape index (κ2) is 6.12. The zero-order valence-corrected chi connectivity index (χ0v) is 14.8. The average Bonchev–Trinajstić information content (AvgIpc) is 3.09. The molecular weight excluding hydrogens is 290 g/mol. The molecule has 0 aromatic carbocycles. The molecule has 130 valence electrons. The minimum atomic E-state index is -0.486. The molecule has 0 aromatic rings. The normalized spacial score (nSPS) is 29.6. The first kappa shape index (κ1) is 16.8. The number of ether oxygens (including phenoxy) is 1. The van der Waals surface area contributed by atoms with Crippen molar-refractivity contribution in [2.45, 2.75) is 77.4 Å². The van der Waals surface area contributed by atoms with E-state index in [0.717, 1.165) is 12.8 Å². The van der Waals surface area contributed by atoms with E-state index in [1.165, 1.54) is 32.1 Å². The molecule has 1 saturated carbocycles. The molecule has 2 atom stereocenters. The first-order valence-corrected chi connectivity index (χ1v) is 9.09. The zero-order chi connectivity index (χ0) is 16.7. The van der Waals surface area contributed by atoms with E-state index in [1.807, 2.05) is 20.8 Å². The van der Waals surface area contributed by atoms with Crippen molar-refractivity contribution in [3.63, 3.8) is 0 Å². The Balaban J connectivity index is 1.56. The van der Waals surface area contributed by atoms with E-state index in [4.69, 9.17) is 4.74 Å². The third kappa shape index (κ3) is 4.09. The fourth-order valence-electron chi connectivity index (χ4n) is 4.06. The number of likely N-dealkylation sites (tertiary alicyclic amines) is 1. The van der Waals surface area contributed by atoms with Crippen molar-refractivity contribution in [2.24, 2.45) is 11.3 Å². The summed E-state index contributed by atoms with van der Waals surface area (Å²) in [6.45, 7) is 6.38. The number of nitrogens with zero attached hydrogens (tertiary/aromatic N) is 1. The minimum absolute atomic E-state index is 0.0257. The Morgan fingerprint density at radius 3 is 2.65 bits per heavy atom. The van der Waals surface area contributed by atoms with E-state index < -0.39 is 5.60 Å². The molecule has 2 fully saturated rings. The maximum atomic E-state index is 12.3. The molecule has 3 rings (SSSR count). The molecule has 1 amide bonds. The molecule has 23 heavy (non-hydrogen) atoms. The molecule has 1 N–H and O–H groups in total. The predicted molar refractivity (Wildman–Crippen MR) is 90.1 cm³/mol. The summed E-state index contributed by atoms with van der Waals surface area (Å²) in [4.78, 5) is 14.1. The van der Waals surface area contributed by atoms with Gasteiger partial charge in [0.2, 0.25) is 0 Å². The second-order valence-corrected chi connectivity index (χ2v) is 8.84. The van der Waals surface area contributed by atoms with Crippen LogP contribution in [0.1, 0.15) is 65.7 Å². The van der Waals surface area contributed by atoms with Crippen LogP contribution in [0.4, 0.5) is 4.79 Å². The van der Waals surface area contributed by atoms with Crippen molar-refractivity contribution in [3.8, 4) is 0 Å². The number of aliphatic hydroxyl groups excluding tert-OH is 1. The van der Waals surface area contributed by atoms with Crippen LogP contribution in [0.2, 0.25) is 0 Å². The van der Waals surface area contributed by atoms with Crippen LogP contribution in [0, 0.1) is 11.3 Å². The van der Waals surface area contributed by atoms with Gasteiger partial charge in [-0.3, -0.25) is 0 Å². The highest BCUT2D eigenvalue weighted by Crippen LogP contribution is 2.56. The molecule has 1 unspecified atom stereocenters. The molecule has 1 spiro atoms. The highest BCUT2D eigenvalue weighted by molar-refractivity contribution is 5.69. The maximum absolute atomic E-state index is 12.3. The smallest absolute Gasteiger partial charge is 0.410 e. The van der Waals surface area contributed by atoms with Crippen molar-refractivity contribution in [1.82, 2.24) is 4.90 Å². The van der Waals surface area contributed by atoms with Crippen LogP contribution in [0.25, 0.3) is 0 Å². The van der Waals surface area contributed by atoms with Gasteiger partial charge in [0.25, 0.3) is 0 Å². The molecule has 1 saturated heterocycles. The molecule has 1 aliphatic heterocycles. The summed E-state index contributed by atoms with van der Waals surface area (Å²) in [5.41, 5.74) is 1.75. The van der Waals surface area contributed by atoms with Gasteiger partial charge in [0.05, 0.1) is 12.6 Å². The molecule has 1 heterocycles. The van der Waals surface area contributed by atoms with Crippen molar-refractivity contribution < 1.29 is 14.6 Å². The Hall–Kier alpha value is -1.03. The fraction of sp³-hybridized carbons (Fsp3) is 0.842. The van der Waals surface area contributed by atoms with E-state index in [0.29, 0.717) is 17.9 Å². The quantitative estimate of drug-likeness (QED) is 0.802. The molecule has 0 bridgehead atoms. The molecule has 4 nitrogen and oxygen atoms in total. The SMILES string of the molecule is CC(C)(C)OC(=O)N1CC(CC2=CCC3(CC2)CC3)C[C@H]1CO. The molecule has 0 radical (unpaired) electrons. The summed E-state index contributed by atoms with van der Waals surface area (Å²) in [5.74, 6) is 0.458. The molecule has 4 heteroatoms. The summed E-state index contributed by atoms with van der Waals surface area (Å²) >= 11 is 0. The van der Waals surface area contributed by atoms with Crippen LogP contribution in [-0.2, 0) is 4.74 Å². The minimum Gasteiger partial charge on any atom is -0.444 e. The fourth-order valence-corrected chi connectivity index (χ4v) is 4.06. The summed E-state index contributed by atoms with van der Waals surface area (Å²) in [5, 5.41) is 9.62. The van der Waals surface area contributed by atoms with Crippen molar-refractivity contribution in [1.29, 1.82) is 0 Å². The first-order valence-electron chi connectivity index (χ1n) is 9.09. The van der Waals surface area contributed by atoms with E-state index >= 15 is 0 Å². The van der Waals surface area contributed by atoms with E-state index in [2.05, 4.69) is 6.08 Å². The number of aliphatic hydroxyl groups is 1. The zero-order valence-electron chi connectivity index (χ0n) is 14.8. The summed E-state index contributed by atoms with van der Waals surface area (Å²) in [6.07, 6.45) is 10.8. The van der Waals surface area contributed by atoms with Gasteiger partial charge in [-0.2, -0.15) is 0 Å². The van der Waals surface area contributed by atoms with E-state index in [-0.39, 0.29) is 18.7 Å². The van der Waals surface area contributed by atoms with Crippen LogP contribution < -0.4 is 0 Å². The van der Waals surface area contributed by atoms with Crippen molar-refractivity contribution in [3.05, 3.63) is 11.6 Å². The maximum Gasteiger partial charge on any atom is 0.410 e. The van der Waals surface area contributed by atoms with Crippen molar-refractivity contribution >= 4 is 6.09 Å². The number of rotatable bonds is 3. The Kier molecular flexibility index (Phi) is 4.47. The van der Waals surface area contributed by atoms with Crippen LogP contribution in [0.15, 0.2) is 11.6 Å². The topological polar surface area (TPSA) is 49.8 Å². The molecule has 0 aromatic heterocycles. The van der Waals surface area contributed by atoms with Crippen molar-refractivity contribution in [2.75, 3.05) is 13.2 Å². The lowest BCUT2D eigenvalue weighted by molar-refractivity contribution is 0.0172. The third-order valence-electron chi connectivity index (χ3n) is 5.65. The first-order chi connectivity index (χ1) is 10.8. The van der Waals surface area contributed by atoms with Crippen LogP contribution in [-0.4, -0.2) is 40.9 Å². The number of hydrogen-bond acceptors (Lipinski definition) is 3. The highest BCUT2D eigenvalue weighted by Gasteiger charge is 2.43. The Bertz CT molecular complexity index is 487. The van der Waals surface area contributed by atoms with Crippen LogP contribution in [0.3, 0.4) is 0 Å². The van der Waals surface area contributed by atoms with Crippen LogP contribution >= 0.6 is 0 Å². The molecule has 3 aliphatic rings. The highest BCUT2D eigenvalue weighted by atomic mass is 16.6. The third-order valence-corrected chi connectivity index (χ3v) is 5.65. The molecular formula is C19H31NO3. The summed E-state index contributed by atoms with van der Waals surface area (Å²) in [7, 11) is 0. The lowest BCUT2D eigenvalue weighted by Crippen LogP contribution is -2.41. The summed E-state index contributed by atoms with van der Waals surface area (Å²) < 4.78 is 5.49. The van der Waals surface area contributed by atoms with Gasteiger partial charge in [-0.15, -0.1) is 0 Å². The van der Waals surface area contributed by atoms with Gasteiger partial charge in [0.15, 0.2) is 0 Å². The number of hydrogen-bond donors (Lipinski definition) is 1. The second-order valence-electron chi connectivity index (χ2n) is 8.84. The van der Waals surface area contributed by atoms with E-state index in [9.17, 15) is 9.90 Å². The average molecular weight is 321 g/mol. The number of carbonyl (C=O) groups excluding carboxylic acids is 1. The van der Waals surface area contributed by atoms with E-state index in [1.54, 1.807) is 10.5 Å². The largest absolute Gasteiger partial charge is 0.444 e. The van der Waals surface area contributed by atoms with Crippen LogP contribution in [0.5, 0.6) is 0 Å².